The number of nitrogens with zero attached hydrogens (tertiary/aromatic N) is 2. The summed E-state index contributed by atoms with van der Waals surface area (Å²) in [7, 11) is 1.74. The molecule has 2 aromatic rings. The van der Waals surface area contributed by atoms with E-state index in [-0.39, 0.29) is 18.9 Å². The van der Waals surface area contributed by atoms with Gasteiger partial charge in [-0.25, -0.2) is 4.98 Å². The first kappa shape index (κ1) is 14.6. The number of aromatic nitrogens is 2. The number of alkyl halides is 3. The fourth-order valence-corrected chi connectivity index (χ4v) is 2.43. The standard InChI is InChI=1S/C12H12F3N3OS/c1-18-6-2-3-8(18)11(19)16-5-4-10-17-9(7-20-10)12(13,14)15/h2-3,6-7H,4-5H2,1H3,(H,16,19). The smallest absolute Gasteiger partial charge is 0.350 e. The molecule has 2 rings (SSSR count). The molecule has 0 aliphatic heterocycles. The second kappa shape index (κ2) is 5.66. The van der Waals surface area contributed by atoms with Gasteiger partial charge in [-0.1, -0.05) is 0 Å². The molecule has 2 aromatic heterocycles. The second-order valence-corrected chi connectivity index (χ2v) is 5.08. The molecule has 1 amide bonds. The number of aryl methyl sites for hydroxylation is 1. The highest BCUT2D eigenvalue weighted by molar-refractivity contribution is 7.09. The van der Waals surface area contributed by atoms with Crippen molar-refractivity contribution in [3.63, 3.8) is 0 Å². The zero-order valence-corrected chi connectivity index (χ0v) is 11.4. The second-order valence-electron chi connectivity index (χ2n) is 4.13. The number of nitrogens with one attached hydrogen (secondary N) is 1. The van der Waals surface area contributed by atoms with E-state index in [4.69, 9.17) is 0 Å². The molecule has 8 heteroatoms. The molecule has 0 aromatic carbocycles. The molecule has 0 fully saturated rings. The minimum atomic E-state index is -4.42. The molecule has 0 radical (unpaired) electrons. The van der Waals surface area contributed by atoms with E-state index in [1.54, 1.807) is 29.9 Å². The lowest BCUT2D eigenvalue weighted by Crippen LogP contribution is -2.27. The Balaban J connectivity index is 1.86. The quantitative estimate of drug-likeness (QED) is 0.943. The van der Waals surface area contributed by atoms with Gasteiger partial charge in [-0.3, -0.25) is 4.79 Å². The molecule has 0 saturated carbocycles. The lowest BCUT2D eigenvalue weighted by molar-refractivity contribution is -0.140. The van der Waals surface area contributed by atoms with Crippen LogP contribution in [-0.2, 0) is 19.6 Å². The Hall–Kier alpha value is -1.83. The monoisotopic (exact) mass is 303 g/mol. The zero-order valence-electron chi connectivity index (χ0n) is 10.6. The van der Waals surface area contributed by atoms with Gasteiger partial charge in [0.1, 0.15) is 5.69 Å². The van der Waals surface area contributed by atoms with Crippen LogP contribution in [0.2, 0.25) is 0 Å². The predicted octanol–water partition coefficient (Wildman–Crippen LogP) is 2.47. The van der Waals surface area contributed by atoms with Gasteiger partial charge in [0, 0.05) is 31.6 Å². The van der Waals surface area contributed by atoms with Gasteiger partial charge in [-0.15, -0.1) is 11.3 Å². The maximum absolute atomic E-state index is 12.4. The van der Waals surface area contributed by atoms with Crippen molar-refractivity contribution in [2.45, 2.75) is 12.6 Å². The van der Waals surface area contributed by atoms with Gasteiger partial charge >= 0.3 is 6.18 Å². The van der Waals surface area contributed by atoms with Crippen molar-refractivity contribution in [3.05, 3.63) is 40.1 Å². The summed E-state index contributed by atoms with van der Waals surface area (Å²) in [5, 5.41) is 3.98. The Morgan fingerprint density at radius 1 is 1.50 bits per heavy atom. The number of rotatable bonds is 4. The summed E-state index contributed by atoms with van der Waals surface area (Å²) in [6.07, 6.45) is -2.40. The summed E-state index contributed by atoms with van der Waals surface area (Å²) in [6.45, 7) is 0.245. The number of carbonyl (C=O) groups excluding carboxylic acids is 1. The molecule has 0 spiro atoms. The summed E-state index contributed by atoms with van der Waals surface area (Å²) in [5.74, 6) is -0.259. The lowest BCUT2D eigenvalue weighted by atomic mass is 10.3. The Kier molecular flexibility index (Phi) is 4.12. The van der Waals surface area contributed by atoms with E-state index in [1.807, 2.05) is 0 Å². The summed E-state index contributed by atoms with van der Waals surface area (Å²) >= 11 is 0.941. The molecule has 1 N–H and O–H groups in total. The highest BCUT2D eigenvalue weighted by Crippen LogP contribution is 2.29. The molecule has 108 valence electrons. The van der Waals surface area contributed by atoms with Crippen LogP contribution < -0.4 is 5.32 Å². The Morgan fingerprint density at radius 3 is 2.80 bits per heavy atom. The summed E-state index contributed by atoms with van der Waals surface area (Å²) in [6, 6.07) is 3.41. The van der Waals surface area contributed by atoms with Crippen LogP contribution in [0.15, 0.2) is 23.7 Å². The number of halogens is 3. The van der Waals surface area contributed by atoms with Gasteiger partial charge < -0.3 is 9.88 Å². The van der Waals surface area contributed by atoms with E-state index in [0.717, 1.165) is 16.7 Å². The van der Waals surface area contributed by atoms with Gasteiger partial charge in [0.2, 0.25) is 0 Å². The van der Waals surface area contributed by atoms with Crippen LogP contribution >= 0.6 is 11.3 Å². The van der Waals surface area contributed by atoms with Crippen LogP contribution in [-0.4, -0.2) is 22.0 Å². The first-order valence-corrected chi connectivity index (χ1v) is 6.67. The molecule has 0 aliphatic carbocycles. The highest BCUT2D eigenvalue weighted by Gasteiger charge is 2.33. The van der Waals surface area contributed by atoms with E-state index in [9.17, 15) is 18.0 Å². The number of thiazole rings is 1. The van der Waals surface area contributed by atoms with E-state index in [0.29, 0.717) is 10.7 Å². The molecule has 20 heavy (non-hydrogen) atoms. The molecular weight excluding hydrogens is 291 g/mol. The lowest BCUT2D eigenvalue weighted by Gasteiger charge is -2.05. The molecule has 0 saturated heterocycles. The van der Waals surface area contributed by atoms with Crippen LogP contribution in [0.3, 0.4) is 0 Å². The number of amides is 1. The van der Waals surface area contributed by atoms with Crippen molar-refractivity contribution in [2.75, 3.05) is 6.54 Å². The molecule has 0 aliphatic rings. The Bertz CT molecular complexity index is 603. The van der Waals surface area contributed by atoms with Gasteiger partial charge in [-0.05, 0) is 12.1 Å². The molecule has 0 atom stereocenters. The molecule has 2 heterocycles. The van der Waals surface area contributed by atoms with Crippen LogP contribution in [0, 0.1) is 0 Å². The van der Waals surface area contributed by atoms with E-state index in [2.05, 4.69) is 10.3 Å². The Labute approximate surface area is 117 Å². The van der Waals surface area contributed by atoms with E-state index in [1.165, 1.54) is 0 Å². The summed E-state index contributed by atoms with van der Waals surface area (Å²) in [4.78, 5) is 15.2. The minimum Gasteiger partial charge on any atom is -0.350 e. The molecule has 4 nitrogen and oxygen atoms in total. The fourth-order valence-electron chi connectivity index (χ4n) is 1.63. The predicted molar refractivity (Wildman–Crippen MR) is 68.6 cm³/mol. The SMILES string of the molecule is Cn1cccc1C(=O)NCCc1nc(C(F)(F)F)cs1. The maximum atomic E-state index is 12.4. The van der Waals surface area contributed by atoms with Crippen molar-refractivity contribution < 1.29 is 18.0 Å². The molecule has 0 unspecified atom stereocenters. The van der Waals surface area contributed by atoms with Crippen LogP contribution in [0.4, 0.5) is 13.2 Å². The van der Waals surface area contributed by atoms with Crippen molar-refractivity contribution in [1.82, 2.24) is 14.9 Å². The van der Waals surface area contributed by atoms with Crippen molar-refractivity contribution in [1.29, 1.82) is 0 Å². The Morgan fingerprint density at radius 2 is 2.25 bits per heavy atom. The molecule has 0 bridgehead atoms. The van der Waals surface area contributed by atoms with Gasteiger partial charge in [-0.2, -0.15) is 13.2 Å². The minimum absolute atomic E-state index is 0.245. The van der Waals surface area contributed by atoms with Crippen LogP contribution in [0.25, 0.3) is 0 Å². The third-order valence-electron chi connectivity index (χ3n) is 2.64. The summed E-state index contributed by atoms with van der Waals surface area (Å²) in [5.41, 5.74) is -0.383. The third-order valence-corrected chi connectivity index (χ3v) is 3.55. The molecular formula is C12H12F3N3OS. The highest BCUT2D eigenvalue weighted by atomic mass is 32.1. The topological polar surface area (TPSA) is 46.9 Å². The number of carbonyl (C=O) groups is 1. The average molecular weight is 303 g/mol. The van der Waals surface area contributed by atoms with Gasteiger partial charge in [0.05, 0.1) is 5.01 Å². The van der Waals surface area contributed by atoms with Crippen LogP contribution in [0.5, 0.6) is 0 Å². The van der Waals surface area contributed by atoms with Gasteiger partial charge in [0.15, 0.2) is 5.69 Å². The van der Waals surface area contributed by atoms with Gasteiger partial charge in [0.25, 0.3) is 5.91 Å². The number of hydrogen-bond donors (Lipinski definition) is 1. The van der Waals surface area contributed by atoms with Crippen molar-refractivity contribution >= 4 is 17.2 Å². The number of hydrogen-bond acceptors (Lipinski definition) is 3. The first-order chi connectivity index (χ1) is 9.38. The third kappa shape index (κ3) is 3.38. The fraction of sp³-hybridized carbons (Fsp3) is 0.333. The summed E-state index contributed by atoms with van der Waals surface area (Å²) < 4.78 is 38.7. The van der Waals surface area contributed by atoms with Crippen LogP contribution in [0.1, 0.15) is 21.2 Å². The van der Waals surface area contributed by atoms with Crippen molar-refractivity contribution in [2.24, 2.45) is 7.05 Å². The van der Waals surface area contributed by atoms with E-state index >= 15 is 0 Å². The van der Waals surface area contributed by atoms with E-state index < -0.39 is 11.9 Å². The average Bonchev–Trinajstić information content (AvgIpc) is 2.97. The first-order valence-electron chi connectivity index (χ1n) is 5.79. The maximum Gasteiger partial charge on any atom is 0.434 e. The normalized spacial score (nSPS) is 11.6. The largest absolute Gasteiger partial charge is 0.434 e. The zero-order chi connectivity index (χ0) is 14.8. The van der Waals surface area contributed by atoms with Crippen molar-refractivity contribution in [3.8, 4) is 0 Å².